The minimum atomic E-state index is -0.0561. The summed E-state index contributed by atoms with van der Waals surface area (Å²) >= 11 is 0. The highest BCUT2D eigenvalue weighted by Gasteiger charge is 2.22. The Hall–Kier alpha value is -2.75. The molecule has 0 aliphatic carbocycles. The molecule has 3 aromatic rings. The molecule has 0 radical (unpaired) electrons. The lowest BCUT2D eigenvalue weighted by molar-refractivity contribution is 0.0994. The van der Waals surface area contributed by atoms with Crippen molar-refractivity contribution in [2.75, 3.05) is 19.1 Å². The van der Waals surface area contributed by atoms with Gasteiger partial charge in [0.1, 0.15) is 5.75 Å². The Morgan fingerprint density at radius 3 is 2.50 bits per heavy atom. The van der Waals surface area contributed by atoms with E-state index in [9.17, 15) is 4.79 Å². The Labute approximate surface area is 129 Å². The number of para-hydroxylation sites is 1. The minimum absolute atomic E-state index is 0.0561. The lowest BCUT2D eigenvalue weighted by Gasteiger charge is -2.18. The number of methoxy groups -OCH3 is 1. The van der Waals surface area contributed by atoms with E-state index in [1.807, 2.05) is 55.5 Å². The summed E-state index contributed by atoms with van der Waals surface area (Å²) in [6, 6.07) is 15.3. The van der Waals surface area contributed by atoms with Crippen LogP contribution in [0, 0.1) is 6.92 Å². The number of benzene rings is 2. The van der Waals surface area contributed by atoms with Crippen LogP contribution in [0.15, 0.2) is 48.5 Å². The van der Waals surface area contributed by atoms with Crippen LogP contribution >= 0.6 is 0 Å². The van der Waals surface area contributed by atoms with Crippen LogP contribution in [0.3, 0.4) is 0 Å². The molecule has 0 atom stereocenters. The summed E-state index contributed by atoms with van der Waals surface area (Å²) in [6.45, 7) is 1.91. The number of rotatable bonds is 3. The van der Waals surface area contributed by atoms with Crippen molar-refractivity contribution >= 4 is 22.5 Å². The first-order valence-corrected chi connectivity index (χ1v) is 7.12. The number of amides is 1. The van der Waals surface area contributed by atoms with E-state index in [1.165, 1.54) is 0 Å². The van der Waals surface area contributed by atoms with Crippen molar-refractivity contribution in [2.24, 2.45) is 0 Å². The van der Waals surface area contributed by atoms with Crippen LogP contribution in [0.5, 0.6) is 5.75 Å². The van der Waals surface area contributed by atoms with Crippen LogP contribution in [0.1, 0.15) is 16.1 Å². The number of anilines is 1. The molecule has 0 aliphatic rings. The largest absolute Gasteiger partial charge is 0.496 e. The second-order valence-corrected chi connectivity index (χ2v) is 5.21. The van der Waals surface area contributed by atoms with Gasteiger partial charge in [-0.2, -0.15) is 0 Å². The molecule has 112 valence electrons. The predicted molar refractivity (Wildman–Crippen MR) is 88.8 cm³/mol. The standard InChI is InChI=1S/C18H18N2O2/c1-12-16(17-14(19-12)10-7-11-15(17)22-3)18(21)20(2)13-8-5-4-6-9-13/h4-11,19H,1-3H3. The molecule has 1 amide bonds. The second-order valence-electron chi connectivity index (χ2n) is 5.21. The Bertz CT molecular complexity index is 822. The molecule has 0 fully saturated rings. The van der Waals surface area contributed by atoms with E-state index in [0.717, 1.165) is 22.3 Å². The van der Waals surface area contributed by atoms with E-state index in [-0.39, 0.29) is 5.91 Å². The summed E-state index contributed by atoms with van der Waals surface area (Å²) < 4.78 is 5.43. The predicted octanol–water partition coefficient (Wildman–Crippen LogP) is 3.76. The summed E-state index contributed by atoms with van der Waals surface area (Å²) in [6.07, 6.45) is 0. The Balaban J connectivity index is 2.13. The van der Waals surface area contributed by atoms with Crippen LogP contribution in [0.25, 0.3) is 10.9 Å². The maximum atomic E-state index is 13.0. The van der Waals surface area contributed by atoms with Crippen LogP contribution in [-0.4, -0.2) is 25.0 Å². The smallest absolute Gasteiger partial charge is 0.260 e. The van der Waals surface area contributed by atoms with Gasteiger partial charge in [-0.3, -0.25) is 4.79 Å². The third kappa shape index (κ3) is 2.22. The zero-order valence-corrected chi connectivity index (χ0v) is 12.9. The van der Waals surface area contributed by atoms with Gasteiger partial charge in [0, 0.05) is 18.4 Å². The average Bonchev–Trinajstić information content (AvgIpc) is 2.90. The molecule has 0 unspecified atom stereocenters. The zero-order valence-electron chi connectivity index (χ0n) is 12.9. The van der Waals surface area contributed by atoms with E-state index in [2.05, 4.69) is 4.98 Å². The number of carbonyl (C=O) groups excluding carboxylic acids is 1. The van der Waals surface area contributed by atoms with Gasteiger partial charge in [-0.1, -0.05) is 24.3 Å². The zero-order chi connectivity index (χ0) is 15.7. The monoisotopic (exact) mass is 294 g/mol. The molecular formula is C18H18N2O2. The SMILES string of the molecule is COc1cccc2[nH]c(C)c(C(=O)N(C)c3ccccc3)c12. The van der Waals surface area contributed by atoms with E-state index >= 15 is 0 Å². The fourth-order valence-electron chi connectivity index (χ4n) is 2.72. The third-order valence-electron chi connectivity index (χ3n) is 3.86. The van der Waals surface area contributed by atoms with Gasteiger partial charge < -0.3 is 14.6 Å². The molecule has 2 aromatic carbocycles. The number of aryl methyl sites for hydroxylation is 1. The lowest BCUT2D eigenvalue weighted by atomic mass is 10.1. The minimum Gasteiger partial charge on any atom is -0.496 e. The Kier molecular flexibility index (Phi) is 3.59. The van der Waals surface area contributed by atoms with Gasteiger partial charge in [-0.15, -0.1) is 0 Å². The maximum Gasteiger partial charge on any atom is 0.260 e. The highest BCUT2D eigenvalue weighted by Crippen LogP contribution is 2.32. The van der Waals surface area contributed by atoms with Crippen molar-refractivity contribution in [3.05, 3.63) is 59.8 Å². The van der Waals surface area contributed by atoms with Gasteiger partial charge in [0.25, 0.3) is 5.91 Å². The fourth-order valence-corrected chi connectivity index (χ4v) is 2.72. The van der Waals surface area contributed by atoms with Crippen LogP contribution in [-0.2, 0) is 0 Å². The summed E-state index contributed by atoms with van der Waals surface area (Å²) in [4.78, 5) is 17.9. The summed E-state index contributed by atoms with van der Waals surface area (Å²) in [5, 5.41) is 0.829. The molecule has 1 aromatic heterocycles. The van der Waals surface area contributed by atoms with Crippen molar-refractivity contribution in [3.63, 3.8) is 0 Å². The van der Waals surface area contributed by atoms with E-state index in [0.29, 0.717) is 11.3 Å². The molecule has 1 N–H and O–H groups in total. The number of aromatic amines is 1. The lowest BCUT2D eigenvalue weighted by Crippen LogP contribution is -2.26. The topological polar surface area (TPSA) is 45.3 Å². The number of nitrogens with zero attached hydrogens (tertiary/aromatic N) is 1. The summed E-state index contributed by atoms with van der Waals surface area (Å²) in [5.74, 6) is 0.645. The van der Waals surface area contributed by atoms with Crippen molar-refractivity contribution in [3.8, 4) is 5.75 Å². The van der Waals surface area contributed by atoms with Gasteiger partial charge in [0.05, 0.1) is 23.6 Å². The molecule has 0 saturated heterocycles. The molecule has 22 heavy (non-hydrogen) atoms. The van der Waals surface area contributed by atoms with Crippen molar-refractivity contribution in [2.45, 2.75) is 6.92 Å². The number of hydrogen-bond acceptors (Lipinski definition) is 2. The average molecular weight is 294 g/mol. The first-order valence-electron chi connectivity index (χ1n) is 7.12. The van der Waals surface area contributed by atoms with E-state index < -0.39 is 0 Å². The second kappa shape index (κ2) is 5.56. The Morgan fingerprint density at radius 2 is 1.82 bits per heavy atom. The van der Waals surface area contributed by atoms with Gasteiger partial charge in [-0.05, 0) is 31.2 Å². The summed E-state index contributed by atoms with van der Waals surface area (Å²) in [7, 11) is 3.40. The van der Waals surface area contributed by atoms with Crippen LogP contribution in [0.4, 0.5) is 5.69 Å². The molecule has 0 bridgehead atoms. The third-order valence-corrected chi connectivity index (χ3v) is 3.86. The molecule has 0 aliphatic heterocycles. The molecular weight excluding hydrogens is 276 g/mol. The molecule has 3 rings (SSSR count). The molecule has 0 saturated carbocycles. The number of ether oxygens (including phenoxy) is 1. The number of carbonyl (C=O) groups is 1. The van der Waals surface area contributed by atoms with Crippen LogP contribution < -0.4 is 9.64 Å². The normalized spacial score (nSPS) is 10.7. The number of fused-ring (bicyclic) bond motifs is 1. The molecule has 0 spiro atoms. The molecule has 4 nitrogen and oxygen atoms in total. The number of aromatic nitrogens is 1. The van der Waals surface area contributed by atoms with Gasteiger partial charge >= 0.3 is 0 Å². The van der Waals surface area contributed by atoms with Crippen LogP contribution in [0.2, 0.25) is 0 Å². The van der Waals surface area contributed by atoms with Crippen molar-refractivity contribution in [1.82, 2.24) is 4.98 Å². The highest BCUT2D eigenvalue weighted by atomic mass is 16.5. The number of nitrogens with one attached hydrogen (secondary N) is 1. The molecule has 4 heteroatoms. The van der Waals surface area contributed by atoms with E-state index in [1.54, 1.807) is 19.1 Å². The van der Waals surface area contributed by atoms with Gasteiger partial charge in [0.2, 0.25) is 0 Å². The summed E-state index contributed by atoms with van der Waals surface area (Å²) in [5.41, 5.74) is 3.25. The quantitative estimate of drug-likeness (QED) is 0.799. The van der Waals surface area contributed by atoms with Gasteiger partial charge in [0.15, 0.2) is 0 Å². The maximum absolute atomic E-state index is 13.0. The van der Waals surface area contributed by atoms with Crippen molar-refractivity contribution in [1.29, 1.82) is 0 Å². The Morgan fingerprint density at radius 1 is 1.09 bits per heavy atom. The van der Waals surface area contributed by atoms with Crippen molar-refractivity contribution < 1.29 is 9.53 Å². The fraction of sp³-hybridized carbons (Fsp3) is 0.167. The number of hydrogen-bond donors (Lipinski definition) is 1. The first-order chi connectivity index (χ1) is 10.6. The molecule has 1 heterocycles. The van der Waals surface area contributed by atoms with E-state index in [4.69, 9.17) is 4.74 Å². The highest BCUT2D eigenvalue weighted by molar-refractivity contribution is 6.16. The number of H-pyrrole nitrogens is 1. The first kappa shape index (κ1) is 14.2. The van der Waals surface area contributed by atoms with Gasteiger partial charge in [-0.25, -0.2) is 0 Å².